The molecule has 3 N–H and O–H groups in total. The van der Waals surface area contributed by atoms with Gasteiger partial charge in [-0.15, -0.1) is 0 Å². The van der Waals surface area contributed by atoms with Gasteiger partial charge in [0, 0.05) is 13.6 Å². The lowest BCUT2D eigenvalue weighted by atomic mass is 9.93. The van der Waals surface area contributed by atoms with Gasteiger partial charge in [0.05, 0.1) is 0 Å². The van der Waals surface area contributed by atoms with Crippen molar-refractivity contribution in [3.05, 3.63) is 0 Å². The number of hydrogen-bond acceptors (Lipinski definition) is 3. The highest BCUT2D eigenvalue weighted by atomic mass is 16.3. The molecule has 1 heterocycles. The number of rotatable bonds is 1. The molecule has 1 fully saturated rings. The maximum Gasteiger partial charge on any atom is 0.253 e. The highest BCUT2D eigenvalue weighted by molar-refractivity contribution is 5.85. The van der Waals surface area contributed by atoms with Crippen LogP contribution in [0.2, 0.25) is 0 Å². The lowest BCUT2D eigenvalue weighted by Gasteiger charge is -2.30. The molecule has 1 aliphatic heterocycles. The van der Waals surface area contributed by atoms with E-state index in [1.54, 1.807) is 0 Å². The summed E-state index contributed by atoms with van der Waals surface area (Å²) in [5.41, 5.74) is -1.17. The van der Waals surface area contributed by atoms with Gasteiger partial charge in [-0.2, -0.15) is 0 Å². The van der Waals surface area contributed by atoms with Crippen LogP contribution in [0.1, 0.15) is 12.8 Å². The van der Waals surface area contributed by atoms with Gasteiger partial charge < -0.3 is 15.7 Å². The van der Waals surface area contributed by atoms with Crippen LogP contribution >= 0.6 is 0 Å². The van der Waals surface area contributed by atoms with Gasteiger partial charge in [0.2, 0.25) is 0 Å². The number of aliphatic hydroxyl groups is 1. The van der Waals surface area contributed by atoms with Gasteiger partial charge in [0.25, 0.3) is 5.91 Å². The molecule has 0 aromatic rings. The van der Waals surface area contributed by atoms with Crippen molar-refractivity contribution in [2.24, 2.45) is 0 Å². The van der Waals surface area contributed by atoms with Crippen molar-refractivity contribution in [3.8, 4) is 0 Å². The smallest absolute Gasteiger partial charge is 0.253 e. The summed E-state index contributed by atoms with van der Waals surface area (Å²) in [6, 6.07) is 0. The lowest BCUT2D eigenvalue weighted by Crippen LogP contribution is -2.55. The van der Waals surface area contributed by atoms with Crippen LogP contribution in [0.4, 0.5) is 0 Å². The second-order valence-corrected chi connectivity index (χ2v) is 2.89. The minimum Gasteiger partial charge on any atom is -0.379 e. The zero-order valence-corrected chi connectivity index (χ0v) is 6.68. The first-order valence-corrected chi connectivity index (χ1v) is 3.84. The van der Waals surface area contributed by atoms with Gasteiger partial charge >= 0.3 is 0 Å². The summed E-state index contributed by atoms with van der Waals surface area (Å²) in [7, 11) is 1.54. The molecule has 0 bridgehead atoms. The Kier molecular flexibility index (Phi) is 2.46. The highest BCUT2D eigenvalue weighted by Crippen LogP contribution is 2.15. The van der Waals surface area contributed by atoms with E-state index in [4.69, 9.17) is 0 Å². The van der Waals surface area contributed by atoms with Crippen molar-refractivity contribution >= 4 is 5.91 Å². The fourth-order valence-corrected chi connectivity index (χ4v) is 1.32. The van der Waals surface area contributed by atoms with Gasteiger partial charge in [-0.3, -0.25) is 4.79 Å². The summed E-state index contributed by atoms with van der Waals surface area (Å²) in [6.45, 7) is 1.26. The second kappa shape index (κ2) is 3.19. The maximum absolute atomic E-state index is 11.1. The zero-order valence-electron chi connectivity index (χ0n) is 6.68. The van der Waals surface area contributed by atoms with Crippen LogP contribution in [-0.2, 0) is 4.79 Å². The summed E-state index contributed by atoms with van der Waals surface area (Å²) < 4.78 is 0. The van der Waals surface area contributed by atoms with Crippen molar-refractivity contribution < 1.29 is 9.90 Å². The molecule has 1 unspecified atom stereocenters. The van der Waals surface area contributed by atoms with Crippen LogP contribution in [-0.4, -0.2) is 36.8 Å². The third-order valence-corrected chi connectivity index (χ3v) is 2.01. The van der Waals surface area contributed by atoms with Gasteiger partial charge in [-0.1, -0.05) is 0 Å². The molecule has 1 atom stereocenters. The van der Waals surface area contributed by atoms with Crippen molar-refractivity contribution in [1.82, 2.24) is 10.6 Å². The van der Waals surface area contributed by atoms with Crippen molar-refractivity contribution in [1.29, 1.82) is 0 Å². The van der Waals surface area contributed by atoms with Crippen LogP contribution in [0, 0.1) is 0 Å². The Morgan fingerprint density at radius 2 is 2.45 bits per heavy atom. The third kappa shape index (κ3) is 1.70. The van der Waals surface area contributed by atoms with E-state index in [1.807, 2.05) is 0 Å². The topological polar surface area (TPSA) is 61.4 Å². The quantitative estimate of drug-likeness (QED) is 0.451. The maximum atomic E-state index is 11.1. The summed E-state index contributed by atoms with van der Waals surface area (Å²) in [4.78, 5) is 11.1. The first-order valence-electron chi connectivity index (χ1n) is 3.84. The number of carbonyl (C=O) groups excluding carboxylic acids is 1. The second-order valence-electron chi connectivity index (χ2n) is 2.89. The van der Waals surface area contributed by atoms with E-state index in [2.05, 4.69) is 10.6 Å². The van der Waals surface area contributed by atoms with Crippen molar-refractivity contribution in [3.63, 3.8) is 0 Å². The fraction of sp³-hybridized carbons (Fsp3) is 0.857. The van der Waals surface area contributed by atoms with Gasteiger partial charge in [-0.25, -0.2) is 0 Å². The molecule has 0 radical (unpaired) electrons. The Morgan fingerprint density at radius 3 is 2.91 bits per heavy atom. The molecule has 64 valence electrons. The minimum atomic E-state index is -1.17. The van der Waals surface area contributed by atoms with E-state index >= 15 is 0 Å². The highest BCUT2D eigenvalue weighted by Gasteiger charge is 2.36. The summed E-state index contributed by atoms with van der Waals surface area (Å²) >= 11 is 0. The lowest BCUT2D eigenvalue weighted by molar-refractivity contribution is -0.140. The molecule has 0 aromatic carbocycles. The summed E-state index contributed by atoms with van der Waals surface area (Å²) in [6.07, 6.45) is 1.41. The van der Waals surface area contributed by atoms with Crippen LogP contribution in [0.3, 0.4) is 0 Å². The van der Waals surface area contributed by atoms with Gasteiger partial charge in [0.1, 0.15) is 0 Å². The third-order valence-electron chi connectivity index (χ3n) is 2.01. The Hall–Kier alpha value is -0.610. The van der Waals surface area contributed by atoms with Crippen LogP contribution < -0.4 is 10.6 Å². The van der Waals surface area contributed by atoms with E-state index in [1.165, 1.54) is 7.05 Å². The van der Waals surface area contributed by atoms with Gasteiger partial charge in [-0.05, 0) is 19.4 Å². The van der Waals surface area contributed by atoms with Gasteiger partial charge in [0.15, 0.2) is 5.60 Å². The number of hydrogen-bond donors (Lipinski definition) is 3. The average Bonchev–Trinajstić information content (AvgIpc) is 2.04. The average molecular weight is 158 g/mol. The standard InChI is InChI=1S/C7H14N2O2/c1-8-6(10)7(11)3-2-4-9-5-7/h9,11H,2-5H2,1H3,(H,8,10). The molecule has 4 heteroatoms. The van der Waals surface area contributed by atoms with E-state index in [0.29, 0.717) is 13.0 Å². The molecule has 0 aromatic heterocycles. The molecule has 1 amide bonds. The molecule has 0 spiro atoms. The minimum absolute atomic E-state index is 0.287. The molecule has 1 aliphatic rings. The SMILES string of the molecule is CNC(=O)C1(O)CCCNC1. The molecule has 4 nitrogen and oxygen atoms in total. The first kappa shape index (κ1) is 8.49. The Morgan fingerprint density at radius 1 is 1.73 bits per heavy atom. The van der Waals surface area contributed by atoms with E-state index < -0.39 is 5.60 Å². The molecule has 1 saturated heterocycles. The monoisotopic (exact) mass is 158 g/mol. The fourth-order valence-electron chi connectivity index (χ4n) is 1.32. The van der Waals surface area contributed by atoms with Crippen molar-refractivity contribution in [2.75, 3.05) is 20.1 Å². The largest absolute Gasteiger partial charge is 0.379 e. The van der Waals surface area contributed by atoms with Crippen LogP contribution in [0.5, 0.6) is 0 Å². The molecular formula is C7H14N2O2. The number of likely N-dealkylation sites (N-methyl/N-ethyl adjacent to an activating group) is 1. The molecule has 0 aliphatic carbocycles. The molecule has 11 heavy (non-hydrogen) atoms. The predicted molar refractivity (Wildman–Crippen MR) is 41.1 cm³/mol. The summed E-state index contributed by atoms with van der Waals surface area (Å²) in [5.74, 6) is -0.287. The number of nitrogens with one attached hydrogen (secondary N) is 2. The molecule has 0 saturated carbocycles. The molecular weight excluding hydrogens is 144 g/mol. The Labute approximate surface area is 66.0 Å². The Bertz CT molecular complexity index is 153. The number of β-amino-alcohol motifs (C(OH)–C–C–N with tert-alkyl or cyclic N) is 1. The van der Waals surface area contributed by atoms with Crippen LogP contribution in [0.25, 0.3) is 0 Å². The first-order chi connectivity index (χ1) is 5.19. The zero-order chi connectivity index (χ0) is 8.32. The van der Waals surface area contributed by atoms with E-state index in [-0.39, 0.29) is 5.91 Å². The van der Waals surface area contributed by atoms with E-state index in [0.717, 1.165) is 13.0 Å². The number of piperidine rings is 1. The number of amides is 1. The number of carbonyl (C=O) groups is 1. The van der Waals surface area contributed by atoms with Crippen molar-refractivity contribution in [2.45, 2.75) is 18.4 Å². The predicted octanol–water partition coefficient (Wildman–Crippen LogP) is -1.15. The van der Waals surface area contributed by atoms with Crippen LogP contribution in [0.15, 0.2) is 0 Å². The Balaban J connectivity index is 2.56. The molecule has 1 rings (SSSR count). The van der Waals surface area contributed by atoms with E-state index in [9.17, 15) is 9.90 Å². The summed E-state index contributed by atoms with van der Waals surface area (Å²) in [5, 5.41) is 15.1. The normalized spacial score (nSPS) is 31.5.